The maximum absolute atomic E-state index is 12.9. The van der Waals surface area contributed by atoms with Crippen molar-refractivity contribution < 1.29 is 27.9 Å². The van der Waals surface area contributed by atoms with Crippen molar-refractivity contribution in [2.24, 2.45) is 0 Å². The fourth-order valence-electron chi connectivity index (χ4n) is 3.33. The predicted octanol–water partition coefficient (Wildman–Crippen LogP) is 3.94. The molecule has 7 nitrogen and oxygen atoms in total. The number of halogens is 3. The Kier molecular flexibility index (Phi) is 5.65. The third-order valence-corrected chi connectivity index (χ3v) is 4.91. The van der Waals surface area contributed by atoms with Gasteiger partial charge in [-0.2, -0.15) is 13.8 Å². The third kappa shape index (κ3) is 4.27. The standard InChI is InChI=1S/C20H16ClF2N3O4/c21-13-3-1-2-12(8-13)19(28)26-10-14(27)9-16(26)18-24-17(25-30-18)11-4-6-15(7-5-11)29-20(22)23/h1-8,14,16,20,27H,9-10H2/t14-,16?/m1/s1. The average molecular weight is 436 g/mol. The fraction of sp³-hybridized carbons (Fsp3) is 0.250. The first-order chi connectivity index (χ1) is 14.4. The number of amides is 1. The van der Waals surface area contributed by atoms with Gasteiger partial charge in [-0.15, -0.1) is 0 Å². The first kappa shape index (κ1) is 20.2. The zero-order valence-corrected chi connectivity index (χ0v) is 16.2. The Morgan fingerprint density at radius 3 is 2.73 bits per heavy atom. The molecule has 30 heavy (non-hydrogen) atoms. The van der Waals surface area contributed by atoms with Crippen LogP contribution in [0.15, 0.2) is 53.1 Å². The average Bonchev–Trinajstić information content (AvgIpc) is 3.34. The monoisotopic (exact) mass is 435 g/mol. The summed E-state index contributed by atoms with van der Waals surface area (Å²) in [4.78, 5) is 18.7. The lowest BCUT2D eigenvalue weighted by molar-refractivity contribution is -0.0498. The number of rotatable bonds is 5. The van der Waals surface area contributed by atoms with Gasteiger partial charge in [-0.1, -0.05) is 22.8 Å². The number of carbonyl (C=O) groups is 1. The van der Waals surface area contributed by atoms with E-state index in [9.17, 15) is 18.7 Å². The molecule has 4 rings (SSSR count). The second-order valence-electron chi connectivity index (χ2n) is 6.73. The Hall–Kier alpha value is -3.04. The summed E-state index contributed by atoms with van der Waals surface area (Å²) in [6, 6.07) is 11.7. The molecule has 0 radical (unpaired) electrons. The van der Waals surface area contributed by atoms with E-state index < -0.39 is 18.8 Å². The summed E-state index contributed by atoms with van der Waals surface area (Å²) in [5.41, 5.74) is 0.911. The van der Waals surface area contributed by atoms with Crippen molar-refractivity contribution in [2.75, 3.05) is 6.54 Å². The minimum Gasteiger partial charge on any atom is -0.435 e. The lowest BCUT2D eigenvalue weighted by Gasteiger charge is -2.21. The summed E-state index contributed by atoms with van der Waals surface area (Å²) < 4.78 is 34.2. The number of aromatic nitrogens is 2. The summed E-state index contributed by atoms with van der Waals surface area (Å²) in [7, 11) is 0. The number of likely N-dealkylation sites (tertiary alicyclic amines) is 1. The summed E-state index contributed by atoms with van der Waals surface area (Å²) in [6.07, 6.45) is -0.492. The number of nitrogens with zero attached hydrogens (tertiary/aromatic N) is 3. The number of aliphatic hydroxyl groups is 1. The zero-order valence-electron chi connectivity index (χ0n) is 15.4. The van der Waals surface area contributed by atoms with Gasteiger partial charge in [0.1, 0.15) is 11.8 Å². The van der Waals surface area contributed by atoms with E-state index in [1.165, 1.54) is 29.2 Å². The molecule has 0 spiro atoms. The molecule has 2 atom stereocenters. The Labute approximate surface area is 174 Å². The van der Waals surface area contributed by atoms with Crippen molar-refractivity contribution in [2.45, 2.75) is 25.2 Å². The molecule has 1 aliphatic heterocycles. The van der Waals surface area contributed by atoms with Crippen molar-refractivity contribution >= 4 is 17.5 Å². The molecular formula is C20H16ClF2N3O4. The molecule has 1 fully saturated rings. The van der Waals surface area contributed by atoms with Gasteiger partial charge in [0, 0.05) is 29.1 Å². The van der Waals surface area contributed by atoms with E-state index in [-0.39, 0.29) is 36.3 Å². The molecule has 1 unspecified atom stereocenters. The Bertz CT molecular complexity index is 1040. The second kappa shape index (κ2) is 8.37. The lowest BCUT2D eigenvalue weighted by atomic mass is 10.1. The number of hydrogen-bond donors (Lipinski definition) is 1. The minimum atomic E-state index is -2.91. The molecule has 1 aromatic heterocycles. The molecular weight excluding hydrogens is 420 g/mol. The van der Waals surface area contributed by atoms with E-state index in [2.05, 4.69) is 14.9 Å². The highest BCUT2D eigenvalue weighted by Crippen LogP contribution is 2.34. The van der Waals surface area contributed by atoms with Gasteiger partial charge in [-0.3, -0.25) is 4.79 Å². The van der Waals surface area contributed by atoms with Crippen LogP contribution in [0.4, 0.5) is 8.78 Å². The molecule has 10 heteroatoms. The molecule has 1 amide bonds. The highest BCUT2D eigenvalue weighted by Gasteiger charge is 2.39. The van der Waals surface area contributed by atoms with Gasteiger partial charge < -0.3 is 19.3 Å². The van der Waals surface area contributed by atoms with Crippen molar-refractivity contribution in [3.63, 3.8) is 0 Å². The van der Waals surface area contributed by atoms with Crippen LogP contribution in [0, 0.1) is 0 Å². The van der Waals surface area contributed by atoms with Crippen LogP contribution in [0.1, 0.15) is 28.7 Å². The number of benzene rings is 2. The number of hydrogen-bond acceptors (Lipinski definition) is 6. The summed E-state index contributed by atoms with van der Waals surface area (Å²) in [5, 5.41) is 14.5. The summed E-state index contributed by atoms with van der Waals surface area (Å²) in [6.45, 7) is -2.79. The van der Waals surface area contributed by atoms with Gasteiger partial charge >= 0.3 is 6.61 Å². The van der Waals surface area contributed by atoms with E-state index in [1.54, 1.807) is 24.3 Å². The van der Waals surface area contributed by atoms with E-state index in [1.807, 2.05) is 0 Å². The maximum Gasteiger partial charge on any atom is 0.387 e. The summed E-state index contributed by atoms with van der Waals surface area (Å²) >= 11 is 5.98. The lowest BCUT2D eigenvalue weighted by Crippen LogP contribution is -2.31. The summed E-state index contributed by atoms with van der Waals surface area (Å²) in [5.74, 6) is 0.0944. The van der Waals surface area contributed by atoms with E-state index in [4.69, 9.17) is 16.1 Å². The predicted molar refractivity (Wildman–Crippen MR) is 102 cm³/mol. The highest BCUT2D eigenvalue weighted by atomic mass is 35.5. The zero-order chi connectivity index (χ0) is 21.3. The van der Waals surface area contributed by atoms with Crippen molar-refractivity contribution in [1.29, 1.82) is 0 Å². The molecule has 2 aromatic carbocycles. The SMILES string of the molecule is O=C(c1cccc(Cl)c1)N1C[C@H](O)CC1c1nc(-c2ccc(OC(F)F)cc2)no1. The largest absolute Gasteiger partial charge is 0.435 e. The van der Waals surface area contributed by atoms with Gasteiger partial charge in [0.25, 0.3) is 5.91 Å². The number of aliphatic hydroxyl groups excluding tert-OH is 1. The van der Waals surface area contributed by atoms with Crippen LogP contribution in [0.5, 0.6) is 5.75 Å². The smallest absolute Gasteiger partial charge is 0.387 e. The van der Waals surface area contributed by atoms with Gasteiger partial charge in [0.05, 0.1) is 6.10 Å². The van der Waals surface area contributed by atoms with Crippen molar-refractivity contribution in [1.82, 2.24) is 15.0 Å². The maximum atomic E-state index is 12.9. The Morgan fingerprint density at radius 2 is 2.03 bits per heavy atom. The molecule has 1 N–H and O–H groups in total. The van der Waals surface area contributed by atoms with Gasteiger partial charge in [-0.25, -0.2) is 0 Å². The quantitative estimate of drug-likeness (QED) is 0.653. The number of β-amino-alcohol motifs (C(OH)–C–C–N with tert-alkyl or cyclic N) is 1. The van der Waals surface area contributed by atoms with Crippen LogP contribution in [-0.4, -0.2) is 45.3 Å². The van der Waals surface area contributed by atoms with E-state index in [0.29, 0.717) is 16.1 Å². The number of alkyl halides is 2. The minimum absolute atomic E-state index is 0.00896. The van der Waals surface area contributed by atoms with Crippen LogP contribution >= 0.6 is 11.6 Å². The van der Waals surface area contributed by atoms with Gasteiger partial charge in [0.2, 0.25) is 11.7 Å². The molecule has 1 saturated heterocycles. The molecule has 2 heterocycles. The first-order valence-corrected chi connectivity index (χ1v) is 9.42. The van der Waals surface area contributed by atoms with Gasteiger partial charge in [0.15, 0.2) is 0 Å². The van der Waals surface area contributed by atoms with Crippen LogP contribution in [0.3, 0.4) is 0 Å². The van der Waals surface area contributed by atoms with Crippen LogP contribution in [0.25, 0.3) is 11.4 Å². The molecule has 1 aliphatic rings. The van der Waals surface area contributed by atoms with Crippen LogP contribution < -0.4 is 4.74 Å². The number of ether oxygens (including phenoxy) is 1. The van der Waals surface area contributed by atoms with Gasteiger partial charge in [-0.05, 0) is 42.5 Å². The normalized spacial score (nSPS) is 18.8. The second-order valence-corrected chi connectivity index (χ2v) is 7.17. The third-order valence-electron chi connectivity index (χ3n) is 4.68. The fourth-order valence-corrected chi connectivity index (χ4v) is 3.52. The van der Waals surface area contributed by atoms with Crippen molar-refractivity contribution in [3.05, 3.63) is 65.0 Å². The molecule has 0 bridgehead atoms. The highest BCUT2D eigenvalue weighted by molar-refractivity contribution is 6.30. The van der Waals surface area contributed by atoms with E-state index in [0.717, 1.165) is 0 Å². The first-order valence-electron chi connectivity index (χ1n) is 9.04. The Balaban J connectivity index is 1.56. The molecule has 0 aliphatic carbocycles. The number of carbonyl (C=O) groups excluding carboxylic acids is 1. The van der Waals surface area contributed by atoms with Crippen LogP contribution in [0.2, 0.25) is 5.02 Å². The van der Waals surface area contributed by atoms with E-state index >= 15 is 0 Å². The molecule has 156 valence electrons. The Morgan fingerprint density at radius 1 is 1.27 bits per heavy atom. The van der Waals surface area contributed by atoms with Crippen LogP contribution in [-0.2, 0) is 0 Å². The molecule has 0 saturated carbocycles. The topological polar surface area (TPSA) is 88.7 Å². The van der Waals surface area contributed by atoms with Crippen molar-refractivity contribution in [3.8, 4) is 17.1 Å². The molecule has 3 aromatic rings.